The first kappa shape index (κ1) is 13.8. The molecule has 1 heterocycles. The van der Waals surface area contributed by atoms with Gasteiger partial charge in [-0.1, -0.05) is 53.6 Å². The molecule has 21 heavy (non-hydrogen) atoms. The quantitative estimate of drug-likeness (QED) is 0.778. The van der Waals surface area contributed by atoms with Gasteiger partial charge >= 0.3 is 0 Å². The van der Waals surface area contributed by atoms with Gasteiger partial charge in [-0.05, 0) is 24.6 Å². The highest BCUT2D eigenvalue weighted by atomic mass is 35.5. The number of aromatic nitrogens is 3. The number of nitrogens with two attached hydrogens (primary N) is 1. The minimum atomic E-state index is -0.328. The number of aromatic amines is 1. The zero-order valence-electron chi connectivity index (χ0n) is 11.5. The van der Waals surface area contributed by atoms with Crippen molar-refractivity contribution in [3.05, 3.63) is 70.5 Å². The fraction of sp³-hybridized carbons (Fsp3) is 0.125. The van der Waals surface area contributed by atoms with E-state index in [0.29, 0.717) is 16.7 Å². The number of halogens is 1. The van der Waals surface area contributed by atoms with E-state index < -0.39 is 0 Å². The molecule has 3 N–H and O–H groups in total. The van der Waals surface area contributed by atoms with Gasteiger partial charge in [0.2, 0.25) is 0 Å². The molecule has 0 amide bonds. The Hall–Kier alpha value is -2.17. The Morgan fingerprint density at radius 2 is 1.90 bits per heavy atom. The van der Waals surface area contributed by atoms with E-state index in [-0.39, 0.29) is 6.04 Å². The molecule has 2 aromatic carbocycles. The molecule has 5 heteroatoms. The largest absolute Gasteiger partial charge is 0.318 e. The molecular weight excluding hydrogens is 284 g/mol. The summed E-state index contributed by atoms with van der Waals surface area (Å²) in [5, 5.41) is 7.78. The normalized spacial score (nSPS) is 12.3. The number of nitrogens with zero attached hydrogens (tertiary/aromatic N) is 2. The van der Waals surface area contributed by atoms with Crippen molar-refractivity contribution in [2.45, 2.75) is 13.0 Å². The maximum atomic E-state index is 6.23. The van der Waals surface area contributed by atoms with Crippen LogP contribution in [-0.2, 0) is 0 Å². The molecule has 0 unspecified atom stereocenters. The average Bonchev–Trinajstić information content (AvgIpc) is 2.97. The van der Waals surface area contributed by atoms with Crippen molar-refractivity contribution in [1.82, 2.24) is 15.2 Å². The fourth-order valence-corrected chi connectivity index (χ4v) is 2.29. The first-order valence-electron chi connectivity index (χ1n) is 6.64. The van der Waals surface area contributed by atoms with Crippen LogP contribution < -0.4 is 5.73 Å². The summed E-state index contributed by atoms with van der Waals surface area (Å²) < 4.78 is 0. The molecule has 0 aliphatic rings. The number of nitrogens with one attached hydrogen (secondary N) is 1. The highest BCUT2D eigenvalue weighted by Crippen LogP contribution is 2.22. The number of hydrogen-bond donors (Lipinski definition) is 2. The minimum absolute atomic E-state index is 0.328. The topological polar surface area (TPSA) is 67.6 Å². The van der Waals surface area contributed by atoms with E-state index >= 15 is 0 Å². The molecule has 0 spiro atoms. The van der Waals surface area contributed by atoms with Crippen molar-refractivity contribution in [2.75, 3.05) is 0 Å². The van der Waals surface area contributed by atoms with E-state index in [9.17, 15) is 0 Å². The van der Waals surface area contributed by atoms with Crippen LogP contribution in [0, 0.1) is 6.92 Å². The molecule has 4 nitrogen and oxygen atoms in total. The standard InChI is InChI=1S/C16H15ClN4/c1-10-5-7-11(8-6-10)14(18)16-19-15(20-21-16)12-3-2-4-13(17)9-12/h2-9,14H,18H2,1H3,(H,19,20,21)/t14-/m0/s1. The van der Waals surface area contributed by atoms with E-state index in [2.05, 4.69) is 15.2 Å². The third-order valence-electron chi connectivity index (χ3n) is 3.32. The SMILES string of the molecule is Cc1ccc([C@H](N)c2nc(-c3cccc(Cl)c3)n[nH]2)cc1. The molecule has 0 saturated heterocycles. The summed E-state index contributed by atoms with van der Waals surface area (Å²) >= 11 is 5.98. The monoisotopic (exact) mass is 298 g/mol. The van der Waals surface area contributed by atoms with Gasteiger partial charge in [0.05, 0.1) is 6.04 Å². The van der Waals surface area contributed by atoms with Crippen molar-refractivity contribution >= 4 is 11.6 Å². The van der Waals surface area contributed by atoms with Crippen LogP contribution in [0.15, 0.2) is 48.5 Å². The highest BCUT2D eigenvalue weighted by molar-refractivity contribution is 6.30. The van der Waals surface area contributed by atoms with Crippen molar-refractivity contribution in [3.63, 3.8) is 0 Å². The summed E-state index contributed by atoms with van der Waals surface area (Å²) in [5.41, 5.74) is 9.28. The first-order valence-corrected chi connectivity index (χ1v) is 7.01. The molecule has 0 fully saturated rings. The number of H-pyrrole nitrogens is 1. The maximum absolute atomic E-state index is 6.23. The summed E-state index contributed by atoms with van der Waals surface area (Å²) in [4.78, 5) is 4.47. The number of rotatable bonds is 3. The zero-order valence-corrected chi connectivity index (χ0v) is 12.3. The van der Waals surface area contributed by atoms with Gasteiger partial charge in [0, 0.05) is 10.6 Å². The molecule has 0 bridgehead atoms. The van der Waals surface area contributed by atoms with Crippen molar-refractivity contribution in [3.8, 4) is 11.4 Å². The second-order valence-electron chi connectivity index (χ2n) is 4.94. The molecular formula is C16H15ClN4. The predicted octanol–water partition coefficient (Wildman–Crippen LogP) is 3.48. The lowest BCUT2D eigenvalue weighted by Crippen LogP contribution is -2.13. The Morgan fingerprint density at radius 3 is 2.62 bits per heavy atom. The molecule has 1 atom stereocenters. The van der Waals surface area contributed by atoms with Crippen LogP contribution in [0.4, 0.5) is 0 Å². The molecule has 106 valence electrons. The Labute approximate surface area is 128 Å². The minimum Gasteiger partial charge on any atom is -0.318 e. The number of aryl methyl sites for hydroxylation is 1. The molecule has 3 rings (SSSR count). The van der Waals surface area contributed by atoms with Crippen molar-refractivity contribution < 1.29 is 0 Å². The molecule has 0 aliphatic carbocycles. The Morgan fingerprint density at radius 1 is 1.14 bits per heavy atom. The number of benzene rings is 2. The van der Waals surface area contributed by atoms with E-state index in [1.54, 1.807) is 0 Å². The lowest BCUT2D eigenvalue weighted by Gasteiger charge is -2.08. The fourth-order valence-electron chi connectivity index (χ4n) is 2.10. The van der Waals surface area contributed by atoms with Gasteiger partial charge in [-0.2, -0.15) is 5.10 Å². The second-order valence-corrected chi connectivity index (χ2v) is 5.38. The molecule has 1 aromatic heterocycles. The van der Waals surface area contributed by atoms with Crippen LogP contribution in [0.1, 0.15) is 23.0 Å². The van der Waals surface area contributed by atoms with Crippen molar-refractivity contribution in [2.24, 2.45) is 5.73 Å². The van der Waals surface area contributed by atoms with Gasteiger partial charge in [0.25, 0.3) is 0 Å². The van der Waals surface area contributed by atoms with Gasteiger partial charge in [-0.3, -0.25) is 5.10 Å². The lowest BCUT2D eigenvalue weighted by molar-refractivity contribution is 0.787. The van der Waals surface area contributed by atoms with E-state index in [1.807, 2.05) is 55.5 Å². The first-order chi connectivity index (χ1) is 10.1. The molecule has 0 radical (unpaired) electrons. The second kappa shape index (κ2) is 5.68. The highest BCUT2D eigenvalue weighted by Gasteiger charge is 2.14. The van der Waals surface area contributed by atoms with Gasteiger partial charge in [0.15, 0.2) is 5.82 Å². The van der Waals surface area contributed by atoms with Crippen LogP contribution in [0.2, 0.25) is 5.02 Å². The average molecular weight is 299 g/mol. The molecule has 0 aliphatic heterocycles. The third-order valence-corrected chi connectivity index (χ3v) is 3.55. The van der Waals surface area contributed by atoms with Crippen molar-refractivity contribution in [1.29, 1.82) is 0 Å². The van der Waals surface area contributed by atoms with E-state index in [4.69, 9.17) is 17.3 Å². The van der Waals surface area contributed by atoms with Crippen LogP contribution in [0.5, 0.6) is 0 Å². The molecule has 3 aromatic rings. The zero-order chi connectivity index (χ0) is 14.8. The Bertz CT molecular complexity index is 749. The van der Waals surface area contributed by atoms with Gasteiger partial charge in [-0.15, -0.1) is 0 Å². The van der Waals surface area contributed by atoms with Gasteiger partial charge in [0.1, 0.15) is 5.82 Å². The van der Waals surface area contributed by atoms with Crippen LogP contribution in [0.3, 0.4) is 0 Å². The summed E-state index contributed by atoms with van der Waals surface area (Å²) in [6.45, 7) is 2.04. The van der Waals surface area contributed by atoms with Crippen LogP contribution in [0.25, 0.3) is 11.4 Å². The smallest absolute Gasteiger partial charge is 0.181 e. The summed E-state index contributed by atoms with van der Waals surface area (Å²) in [5.74, 6) is 1.23. The maximum Gasteiger partial charge on any atom is 0.181 e. The summed E-state index contributed by atoms with van der Waals surface area (Å²) in [7, 11) is 0. The number of hydrogen-bond acceptors (Lipinski definition) is 3. The van der Waals surface area contributed by atoms with Crippen LogP contribution >= 0.6 is 11.6 Å². The Balaban J connectivity index is 1.89. The summed E-state index contributed by atoms with van der Waals surface area (Å²) in [6, 6.07) is 15.2. The lowest BCUT2D eigenvalue weighted by atomic mass is 10.1. The third kappa shape index (κ3) is 2.96. The molecule has 0 saturated carbocycles. The van der Waals surface area contributed by atoms with Gasteiger partial charge in [-0.25, -0.2) is 4.98 Å². The summed E-state index contributed by atoms with van der Waals surface area (Å²) in [6.07, 6.45) is 0. The van der Waals surface area contributed by atoms with E-state index in [1.165, 1.54) is 5.56 Å². The van der Waals surface area contributed by atoms with E-state index in [0.717, 1.165) is 11.1 Å². The van der Waals surface area contributed by atoms with Crippen LogP contribution in [-0.4, -0.2) is 15.2 Å². The predicted molar refractivity (Wildman–Crippen MR) is 84.0 cm³/mol. The van der Waals surface area contributed by atoms with Gasteiger partial charge < -0.3 is 5.73 Å². The Kier molecular flexibility index (Phi) is 3.73.